The topological polar surface area (TPSA) is 67.2 Å². The first-order valence-electron chi connectivity index (χ1n) is 14.5. The number of aromatic nitrogens is 2. The molecule has 1 heterocycles. The molecule has 0 saturated heterocycles. The van der Waals surface area contributed by atoms with Gasteiger partial charge in [0.05, 0.1) is 17.6 Å². The van der Waals surface area contributed by atoms with Crippen LogP contribution in [0.3, 0.4) is 0 Å². The molecule has 5 nitrogen and oxygen atoms in total. The summed E-state index contributed by atoms with van der Waals surface area (Å²) in [6, 6.07) is 43.6. The molecule has 1 atom stereocenters. The summed E-state index contributed by atoms with van der Waals surface area (Å²) in [6.07, 6.45) is 3.81. The lowest BCUT2D eigenvalue weighted by atomic mass is 9.76. The summed E-state index contributed by atoms with van der Waals surface area (Å²) in [6.45, 7) is 3.99. The van der Waals surface area contributed by atoms with E-state index in [-0.39, 0.29) is 11.8 Å². The van der Waals surface area contributed by atoms with Crippen LogP contribution < -0.4 is 5.32 Å². The van der Waals surface area contributed by atoms with Crippen molar-refractivity contribution in [1.82, 2.24) is 14.9 Å². The van der Waals surface area contributed by atoms with Gasteiger partial charge in [-0.15, -0.1) is 0 Å². The minimum Gasteiger partial charge on any atom is -0.378 e. The number of aliphatic hydroxyl groups is 1. The smallest absolute Gasteiger partial charge is 0.252 e. The number of nitrogens with zero attached hydrogens (tertiary/aromatic N) is 2. The lowest BCUT2D eigenvalue weighted by Crippen LogP contribution is -2.37. The molecule has 0 bridgehead atoms. The molecule has 1 unspecified atom stereocenters. The first-order valence-corrected chi connectivity index (χ1v) is 14.5. The molecule has 0 aliphatic rings. The van der Waals surface area contributed by atoms with Crippen LogP contribution in [-0.2, 0) is 11.1 Å². The second-order valence-corrected chi connectivity index (χ2v) is 11.1. The minimum atomic E-state index is -1.40. The Morgan fingerprint density at radius 1 is 0.814 bits per heavy atom. The van der Waals surface area contributed by atoms with Gasteiger partial charge in [0.1, 0.15) is 11.1 Å². The van der Waals surface area contributed by atoms with Gasteiger partial charge in [0, 0.05) is 13.2 Å². The maximum atomic E-state index is 12.5. The van der Waals surface area contributed by atoms with Gasteiger partial charge in [-0.2, -0.15) is 0 Å². The zero-order valence-electron chi connectivity index (χ0n) is 24.5. The average molecular weight is 565 g/mol. The van der Waals surface area contributed by atoms with E-state index in [4.69, 9.17) is 4.98 Å². The van der Waals surface area contributed by atoms with Crippen LogP contribution in [0.4, 0.5) is 0 Å². The zero-order valence-corrected chi connectivity index (χ0v) is 24.5. The zero-order chi connectivity index (χ0) is 30.0. The molecule has 0 aliphatic heterocycles. The highest BCUT2D eigenvalue weighted by Gasteiger charge is 2.42. The normalized spacial score (nSPS) is 13.1. The van der Waals surface area contributed by atoms with Crippen molar-refractivity contribution >= 4 is 16.7 Å². The summed E-state index contributed by atoms with van der Waals surface area (Å²) in [4.78, 5) is 17.4. The highest BCUT2D eigenvalue weighted by atomic mass is 16.3. The van der Waals surface area contributed by atoms with Crippen LogP contribution in [0.15, 0.2) is 134 Å². The third-order valence-corrected chi connectivity index (χ3v) is 8.48. The second-order valence-electron chi connectivity index (χ2n) is 11.1. The molecule has 2 N–H and O–H groups in total. The molecular formula is C38H34N3O2. The molecule has 5 heteroatoms. The summed E-state index contributed by atoms with van der Waals surface area (Å²) in [7, 11) is 1.61. The Balaban J connectivity index is 1.57. The number of nitrogens with one attached hydrogen (secondary N) is 1. The van der Waals surface area contributed by atoms with Crippen molar-refractivity contribution in [3.05, 3.63) is 173 Å². The third-order valence-electron chi connectivity index (χ3n) is 8.48. The fourth-order valence-electron chi connectivity index (χ4n) is 6.24. The van der Waals surface area contributed by atoms with E-state index in [0.29, 0.717) is 16.8 Å². The summed E-state index contributed by atoms with van der Waals surface area (Å²) in [5.74, 6) is -0.406. The van der Waals surface area contributed by atoms with Crippen LogP contribution in [0.1, 0.15) is 52.2 Å². The Labute approximate surface area is 252 Å². The molecule has 0 aliphatic carbocycles. The van der Waals surface area contributed by atoms with E-state index in [2.05, 4.69) is 88.7 Å². The van der Waals surface area contributed by atoms with Crippen LogP contribution >= 0.6 is 0 Å². The van der Waals surface area contributed by atoms with Crippen molar-refractivity contribution in [3.63, 3.8) is 0 Å². The summed E-state index contributed by atoms with van der Waals surface area (Å²) >= 11 is 0. The Hall–Kier alpha value is -5.00. The van der Waals surface area contributed by atoms with Crippen LogP contribution in [0.2, 0.25) is 0 Å². The molecule has 43 heavy (non-hydrogen) atoms. The van der Waals surface area contributed by atoms with Gasteiger partial charge in [-0.25, -0.2) is 4.98 Å². The maximum absolute atomic E-state index is 12.5. The van der Waals surface area contributed by atoms with Gasteiger partial charge in [-0.3, -0.25) is 4.79 Å². The van der Waals surface area contributed by atoms with E-state index in [1.54, 1.807) is 13.1 Å². The van der Waals surface area contributed by atoms with Gasteiger partial charge >= 0.3 is 0 Å². The third kappa shape index (κ3) is 4.62. The number of carbonyl (C=O) groups excluding carboxylic acids is 1. The maximum Gasteiger partial charge on any atom is 0.252 e. The monoisotopic (exact) mass is 564 g/mol. The largest absolute Gasteiger partial charge is 0.378 e. The second kappa shape index (κ2) is 11.3. The molecule has 0 spiro atoms. The van der Waals surface area contributed by atoms with Crippen LogP contribution in [0.5, 0.6) is 0 Å². The Morgan fingerprint density at radius 2 is 1.37 bits per heavy atom. The van der Waals surface area contributed by atoms with Crippen molar-refractivity contribution < 1.29 is 9.90 Å². The molecule has 0 saturated carbocycles. The number of imidazole rings is 1. The van der Waals surface area contributed by atoms with Crippen LogP contribution in [0, 0.1) is 12.0 Å². The molecule has 1 amide bonds. The lowest BCUT2D eigenvalue weighted by Gasteiger charge is -2.37. The SMILES string of the molecule is CNC(=O)c1[c]ccc2cc(C(O)(c3cn(C(c4ccccc4)(c4ccccc4)c4ccccc4)cn3)C(C)C)ccc12. The molecule has 213 valence electrons. The number of amides is 1. The van der Waals surface area contributed by atoms with Gasteiger partial charge in [0.2, 0.25) is 0 Å². The van der Waals surface area contributed by atoms with Gasteiger partial charge < -0.3 is 15.0 Å². The van der Waals surface area contributed by atoms with E-state index >= 15 is 0 Å². The Kier molecular flexibility index (Phi) is 7.43. The molecule has 5 aromatic carbocycles. The highest BCUT2D eigenvalue weighted by molar-refractivity contribution is 6.06. The lowest BCUT2D eigenvalue weighted by molar-refractivity contribution is 0.0279. The molecule has 1 radical (unpaired) electrons. The quantitative estimate of drug-likeness (QED) is 0.197. The number of carbonyl (C=O) groups is 1. The van der Waals surface area contributed by atoms with Gasteiger partial charge in [0.15, 0.2) is 0 Å². The highest BCUT2D eigenvalue weighted by Crippen LogP contribution is 2.43. The fraction of sp³-hybridized carbons (Fsp3) is 0.158. The molecule has 6 aromatic rings. The molecule has 1 aromatic heterocycles. The van der Waals surface area contributed by atoms with Crippen LogP contribution in [-0.4, -0.2) is 27.6 Å². The van der Waals surface area contributed by atoms with Crippen LogP contribution in [0.25, 0.3) is 10.8 Å². The summed E-state index contributed by atoms with van der Waals surface area (Å²) < 4.78 is 2.12. The average Bonchev–Trinajstić information content (AvgIpc) is 3.56. The van der Waals surface area contributed by atoms with Crippen molar-refractivity contribution in [1.29, 1.82) is 0 Å². The van der Waals surface area contributed by atoms with Crippen molar-refractivity contribution in [2.24, 2.45) is 5.92 Å². The predicted molar refractivity (Wildman–Crippen MR) is 171 cm³/mol. The van der Waals surface area contributed by atoms with Crippen molar-refractivity contribution in [2.45, 2.75) is 25.0 Å². The first kappa shape index (κ1) is 28.1. The Bertz CT molecular complexity index is 1770. The van der Waals surface area contributed by atoms with E-state index in [0.717, 1.165) is 27.5 Å². The van der Waals surface area contributed by atoms with E-state index in [9.17, 15) is 9.90 Å². The minimum absolute atomic E-state index is 0.199. The molecule has 0 fully saturated rings. The van der Waals surface area contributed by atoms with Gasteiger partial charge in [-0.05, 0) is 51.1 Å². The number of fused-ring (bicyclic) bond motifs is 1. The van der Waals surface area contributed by atoms with Crippen molar-refractivity contribution in [3.8, 4) is 0 Å². The summed E-state index contributed by atoms with van der Waals surface area (Å²) in [5, 5.41) is 16.9. The van der Waals surface area contributed by atoms with E-state index < -0.39 is 11.1 Å². The summed E-state index contributed by atoms with van der Waals surface area (Å²) in [5.41, 5.74) is 2.81. The number of rotatable bonds is 8. The van der Waals surface area contributed by atoms with Crippen molar-refractivity contribution in [2.75, 3.05) is 7.05 Å². The van der Waals surface area contributed by atoms with E-state index in [1.807, 2.05) is 68.8 Å². The Morgan fingerprint density at radius 3 is 1.88 bits per heavy atom. The number of hydrogen-bond acceptors (Lipinski definition) is 3. The number of hydrogen-bond donors (Lipinski definition) is 2. The fourth-order valence-corrected chi connectivity index (χ4v) is 6.24. The molecular weight excluding hydrogens is 530 g/mol. The van der Waals surface area contributed by atoms with Gasteiger partial charge in [0.25, 0.3) is 5.91 Å². The molecule has 6 rings (SSSR count). The van der Waals surface area contributed by atoms with Gasteiger partial charge in [-0.1, -0.05) is 129 Å². The number of benzene rings is 5. The predicted octanol–water partition coefficient (Wildman–Crippen LogP) is 6.93. The first-order chi connectivity index (χ1) is 20.9. The standard InChI is InChI=1S/C38H34N3O2/c1-27(2)38(43,32-22-23-33-28(24-32)14-13-21-34(33)36(42)39-3)35-25-41(26-40-35)37(29-15-7-4-8-16-29,30-17-9-5-10-18-30)31-19-11-6-12-20-31/h4-20,22-27,43H,1-3H3,(H,39,42). The van der Waals surface area contributed by atoms with E-state index in [1.165, 1.54) is 0 Å².